The lowest BCUT2D eigenvalue weighted by Gasteiger charge is -2.27. The molecule has 1 aliphatic rings. The molecule has 0 radical (unpaired) electrons. The zero-order valence-corrected chi connectivity index (χ0v) is 8.53. The zero-order chi connectivity index (χ0) is 11.5. The highest BCUT2D eigenvalue weighted by Crippen LogP contribution is 2.33. The molecule has 0 aromatic carbocycles. The van der Waals surface area contributed by atoms with E-state index in [0.29, 0.717) is 19.5 Å². The maximum absolute atomic E-state index is 12.6. The van der Waals surface area contributed by atoms with Crippen LogP contribution in [-0.4, -0.2) is 31.2 Å². The maximum atomic E-state index is 12.6. The third-order valence-electron chi connectivity index (χ3n) is 2.56. The summed E-state index contributed by atoms with van der Waals surface area (Å²) in [5.41, 5.74) is 0. The minimum atomic E-state index is -4.24. The van der Waals surface area contributed by atoms with Gasteiger partial charge in [-0.05, 0) is 25.9 Å². The van der Waals surface area contributed by atoms with Gasteiger partial charge in [-0.25, -0.2) is 0 Å². The molecule has 3 nitrogen and oxygen atoms in total. The van der Waals surface area contributed by atoms with Crippen molar-refractivity contribution < 1.29 is 18.0 Å². The van der Waals surface area contributed by atoms with Crippen molar-refractivity contribution in [3.05, 3.63) is 0 Å². The van der Waals surface area contributed by atoms with Crippen molar-refractivity contribution in [3.63, 3.8) is 0 Å². The van der Waals surface area contributed by atoms with Crippen LogP contribution in [0.15, 0.2) is 0 Å². The van der Waals surface area contributed by atoms with Crippen molar-refractivity contribution in [3.8, 4) is 0 Å². The first kappa shape index (κ1) is 12.3. The smallest absolute Gasteiger partial charge is 0.353 e. The normalized spacial score (nSPS) is 28.3. The number of alkyl halides is 3. The minimum Gasteiger partial charge on any atom is -0.353 e. The number of rotatable bonds is 1. The second-order valence-corrected chi connectivity index (χ2v) is 3.78. The quantitative estimate of drug-likeness (QED) is 0.699. The summed E-state index contributed by atoms with van der Waals surface area (Å²) in [6, 6.07) is -0.794. The van der Waals surface area contributed by atoms with Gasteiger partial charge in [0.2, 0.25) is 5.91 Å². The molecule has 2 atom stereocenters. The average molecular weight is 224 g/mol. The van der Waals surface area contributed by atoms with Crippen LogP contribution in [-0.2, 0) is 4.79 Å². The van der Waals surface area contributed by atoms with Crippen molar-refractivity contribution in [1.29, 1.82) is 0 Å². The van der Waals surface area contributed by atoms with Crippen LogP contribution in [0, 0.1) is 5.92 Å². The van der Waals surface area contributed by atoms with Gasteiger partial charge in [0.05, 0.1) is 5.92 Å². The van der Waals surface area contributed by atoms with Gasteiger partial charge < -0.3 is 10.6 Å². The van der Waals surface area contributed by atoms with Crippen molar-refractivity contribution in [2.45, 2.75) is 32.0 Å². The molecule has 15 heavy (non-hydrogen) atoms. The number of nitrogens with one attached hydrogen (secondary N) is 2. The monoisotopic (exact) mass is 224 g/mol. The number of halogens is 3. The van der Waals surface area contributed by atoms with Crippen LogP contribution < -0.4 is 10.6 Å². The molecule has 0 spiro atoms. The molecule has 2 N–H and O–H groups in total. The third-order valence-corrected chi connectivity index (χ3v) is 2.56. The SMILES string of the molecule is CC(=O)NC1CCNCCC1C(F)(F)F. The largest absolute Gasteiger partial charge is 0.393 e. The number of carbonyl (C=O) groups excluding carboxylic acids is 1. The summed E-state index contributed by atoms with van der Waals surface area (Å²) < 4.78 is 37.9. The Balaban J connectivity index is 2.71. The lowest BCUT2D eigenvalue weighted by Crippen LogP contribution is -2.45. The van der Waals surface area contributed by atoms with Gasteiger partial charge in [0.1, 0.15) is 0 Å². The summed E-state index contributed by atoms with van der Waals surface area (Å²) in [4.78, 5) is 10.8. The third kappa shape index (κ3) is 3.70. The summed E-state index contributed by atoms with van der Waals surface area (Å²) >= 11 is 0. The van der Waals surface area contributed by atoms with Crippen LogP contribution >= 0.6 is 0 Å². The fraction of sp³-hybridized carbons (Fsp3) is 0.889. The van der Waals surface area contributed by atoms with E-state index in [1.807, 2.05) is 0 Å². The molecular weight excluding hydrogens is 209 g/mol. The molecule has 1 aliphatic heterocycles. The number of carbonyl (C=O) groups is 1. The summed E-state index contributed by atoms with van der Waals surface area (Å²) in [6.45, 7) is 2.10. The van der Waals surface area contributed by atoms with E-state index in [0.717, 1.165) is 0 Å². The van der Waals surface area contributed by atoms with Crippen LogP contribution in [0.5, 0.6) is 0 Å². The molecule has 1 heterocycles. The highest BCUT2D eigenvalue weighted by Gasteiger charge is 2.44. The molecule has 1 fully saturated rings. The first-order valence-electron chi connectivity index (χ1n) is 4.96. The number of hydrogen-bond acceptors (Lipinski definition) is 2. The van der Waals surface area contributed by atoms with Crippen LogP contribution in [0.1, 0.15) is 19.8 Å². The fourth-order valence-electron chi connectivity index (χ4n) is 1.87. The van der Waals surface area contributed by atoms with Gasteiger partial charge in [0.25, 0.3) is 0 Å². The van der Waals surface area contributed by atoms with Gasteiger partial charge in [0.15, 0.2) is 0 Å². The van der Waals surface area contributed by atoms with Crippen LogP contribution in [0.2, 0.25) is 0 Å². The highest BCUT2D eigenvalue weighted by molar-refractivity contribution is 5.73. The van der Waals surface area contributed by atoms with Crippen LogP contribution in [0.4, 0.5) is 13.2 Å². The van der Waals surface area contributed by atoms with E-state index in [2.05, 4.69) is 10.6 Å². The summed E-state index contributed by atoms with van der Waals surface area (Å²) in [7, 11) is 0. The van der Waals surface area contributed by atoms with Gasteiger partial charge in [0, 0.05) is 13.0 Å². The Hall–Kier alpha value is -0.780. The van der Waals surface area contributed by atoms with Gasteiger partial charge >= 0.3 is 6.18 Å². The van der Waals surface area contributed by atoms with Crippen molar-refractivity contribution in [2.24, 2.45) is 5.92 Å². The molecule has 0 saturated carbocycles. The molecular formula is C9H15F3N2O. The molecule has 2 unspecified atom stereocenters. The molecule has 0 aromatic rings. The van der Waals surface area contributed by atoms with E-state index < -0.39 is 24.0 Å². The summed E-state index contributed by atoms with van der Waals surface area (Å²) in [6.07, 6.45) is -3.89. The average Bonchev–Trinajstić information content (AvgIpc) is 2.27. The van der Waals surface area contributed by atoms with Gasteiger partial charge in [-0.15, -0.1) is 0 Å². The van der Waals surface area contributed by atoms with Crippen molar-refractivity contribution >= 4 is 5.91 Å². The Morgan fingerprint density at radius 3 is 2.47 bits per heavy atom. The highest BCUT2D eigenvalue weighted by atomic mass is 19.4. The minimum absolute atomic E-state index is 0.0223. The van der Waals surface area contributed by atoms with Gasteiger partial charge in [-0.1, -0.05) is 0 Å². The second-order valence-electron chi connectivity index (χ2n) is 3.78. The lowest BCUT2D eigenvalue weighted by molar-refractivity contribution is -0.183. The lowest BCUT2D eigenvalue weighted by atomic mass is 9.94. The van der Waals surface area contributed by atoms with Crippen molar-refractivity contribution in [1.82, 2.24) is 10.6 Å². The predicted molar refractivity (Wildman–Crippen MR) is 49.3 cm³/mol. The number of hydrogen-bond donors (Lipinski definition) is 2. The Bertz CT molecular complexity index is 230. The Kier molecular flexibility index (Phi) is 3.96. The van der Waals surface area contributed by atoms with E-state index in [4.69, 9.17) is 0 Å². The topological polar surface area (TPSA) is 41.1 Å². The molecule has 1 amide bonds. The standard InChI is InChI=1S/C9H15F3N2O/c1-6(15)14-8-3-5-13-4-2-7(8)9(10,11)12/h7-8,13H,2-5H2,1H3,(H,14,15). The van der Waals surface area contributed by atoms with Gasteiger partial charge in [-0.3, -0.25) is 4.79 Å². The molecule has 1 saturated heterocycles. The summed E-state index contributed by atoms with van der Waals surface area (Å²) in [5, 5.41) is 5.28. The fourth-order valence-corrected chi connectivity index (χ4v) is 1.87. The van der Waals surface area contributed by atoms with Crippen LogP contribution in [0.3, 0.4) is 0 Å². The predicted octanol–water partition coefficient (Wildman–Crippen LogP) is 1.05. The maximum Gasteiger partial charge on any atom is 0.393 e. The second kappa shape index (κ2) is 4.83. The van der Waals surface area contributed by atoms with E-state index in [-0.39, 0.29) is 6.42 Å². The van der Waals surface area contributed by atoms with Gasteiger partial charge in [-0.2, -0.15) is 13.2 Å². The van der Waals surface area contributed by atoms with E-state index in [1.165, 1.54) is 6.92 Å². The van der Waals surface area contributed by atoms with E-state index in [9.17, 15) is 18.0 Å². The first-order valence-corrected chi connectivity index (χ1v) is 4.96. The molecule has 88 valence electrons. The molecule has 0 aliphatic carbocycles. The summed E-state index contributed by atoms with van der Waals surface area (Å²) in [5.74, 6) is -1.84. The van der Waals surface area contributed by atoms with Crippen molar-refractivity contribution in [2.75, 3.05) is 13.1 Å². The number of amides is 1. The first-order chi connectivity index (χ1) is 6.91. The molecule has 1 rings (SSSR count). The Labute approximate surface area is 86.4 Å². The van der Waals surface area contributed by atoms with E-state index in [1.54, 1.807) is 0 Å². The Morgan fingerprint density at radius 1 is 1.33 bits per heavy atom. The van der Waals surface area contributed by atoms with Crippen LogP contribution in [0.25, 0.3) is 0 Å². The van der Waals surface area contributed by atoms with E-state index >= 15 is 0 Å². The molecule has 0 bridgehead atoms. The molecule has 6 heteroatoms. The Morgan fingerprint density at radius 2 is 1.93 bits per heavy atom. The zero-order valence-electron chi connectivity index (χ0n) is 8.53. The molecule has 0 aromatic heterocycles.